The molecule has 0 N–H and O–H groups in total. The molecular weight excluding hydrogens is 178 g/mol. The fourth-order valence-corrected chi connectivity index (χ4v) is 3.19. The second-order valence-corrected chi connectivity index (χ2v) is 5.36. The number of Topliss-reactive ketones (excluding diaryl/α,β-unsaturated/α-hetero) is 1. The lowest BCUT2D eigenvalue weighted by Crippen LogP contribution is -2.35. The highest BCUT2D eigenvalue weighted by Crippen LogP contribution is 2.62. The van der Waals surface area contributed by atoms with E-state index in [4.69, 9.17) is 0 Å². The Kier molecular flexibility index (Phi) is 1.65. The molecule has 0 radical (unpaired) electrons. The van der Waals surface area contributed by atoms with Crippen LogP contribution in [0.4, 0.5) is 0 Å². The third kappa shape index (κ3) is 0.787. The van der Waals surface area contributed by atoms with Gasteiger partial charge in [-0.25, -0.2) is 4.74 Å². The third-order valence-corrected chi connectivity index (χ3v) is 4.63. The Hall–Kier alpha value is -0.860. The minimum Gasteiger partial charge on any atom is -0.624 e. The standard InChI is InChI=1S/C11H17NO2/c1-10(2)7-5-6-11(10,3)9(13)8(7)12(4)14/h7H,5-6H2,1-4H3/b12-8-. The van der Waals surface area contributed by atoms with Crippen LogP contribution in [-0.4, -0.2) is 23.3 Å². The van der Waals surface area contributed by atoms with Gasteiger partial charge < -0.3 is 5.21 Å². The van der Waals surface area contributed by atoms with E-state index in [9.17, 15) is 10.0 Å². The maximum Gasteiger partial charge on any atom is 0.234 e. The Bertz CT molecular complexity index is 339. The lowest BCUT2D eigenvalue weighted by atomic mass is 9.70. The quantitative estimate of drug-likeness (QED) is 0.335. The summed E-state index contributed by atoms with van der Waals surface area (Å²) in [7, 11) is 1.44. The molecule has 2 aliphatic carbocycles. The molecule has 2 aliphatic rings. The molecule has 0 saturated heterocycles. The molecule has 2 unspecified atom stereocenters. The molecule has 3 heteroatoms. The first-order valence-corrected chi connectivity index (χ1v) is 5.15. The highest BCUT2D eigenvalue weighted by molar-refractivity contribution is 6.43. The Morgan fingerprint density at radius 2 is 2.00 bits per heavy atom. The van der Waals surface area contributed by atoms with Gasteiger partial charge in [0.1, 0.15) is 7.05 Å². The van der Waals surface area contributed by atoms with Crippen molar-refractivity contribution < 1.29 is 9.53 Å². The number of nitrogens with zero attached hydrogens (tertiary/aromatic N) is 1. The van der Waals surface area contributed by atoms with Crippen LogP contribution in [0.25, 0.3) is 0 Å². The second-order valence-electron chi connectivity index (χ2n) is 5.36. The zero-order valence-corrected chi connectivity index (χ0v) is 9.26. The normalized spacial score (nSPS) is 43.1. The van der Waals surface area contributed by atoms with Crippen molar-refractivity contribution in [1.82, 2.24) is 0 Å². The first-order valence-electron chi connectivity index (χ1n) is 5.15. The molecule has 2 rings (SSSR count). The zero-order valence-electron chi connectivity index (χ0n) is 9.26. The van der Waals surface area contributed by atoms with Gasteiger partial charge in [0.25, 0.3) is 0 Å². The van der Waals surface area contributed by atoms with Crippen molar-refractivity contribution in [3.8, 4) is 0 Å². The molecule has 0 spiro atoms. The molecule has 2 bridgehead atoms. The average Bonchev–Trinajstić information content (AvgIpc) is 2.35. The highest BCUT2D eigenvalue weighted by atomic mass is 16.5. The minimum atomic E-state index is -0.300. The van der Waals surface area contributed by atoms with Crippen molar-refractivity contribution in [2.75, 3.05) is 7.05 Å². The molecule has 3 nitrogen and oxygen atoms in total. The van der Waals surface area contributed by atoms with E-state index < -0.39 is 0 Å². The maximum atomic E-state index is 12.1. The topological polar surface area (TPSA) is 43.1 Å². The SMILES string of the molecule is C/[N+]([O-])=C1/C(=O)C2(C)CCC1C2(C)C. The molecule has 0 amide bonds. The van der Waals surface area contributed by atoms with Crippen LogP contribution in [0.2, 0.25) is 0 Å². The number of hydroxylamine groups is 1. The summed E-state index contributed by atoms with van der Waals surface area (Å²) >= 11 is 0. The Balaban J connectivity index is 2.61. The van der Waals surface area contributed by atoms with E-state index in [1.54, 1.807) is 0 Å². The Morgan fingerprint density at radius 3 is 2.29 bits per heavy atom. The molecule has 78 valence electrons. The van der Waals surface area contributed by atoms with Crippen LogP contribution >= 0.6 is 0 Å². The van der Waals surface area contributed by atoms with Gasteiger partial charge in [-0.2, -0.15) is 0 Å². The number of ketones is 1. The Labute approximate surface area is 84.4 Å². The van der Waals surface area contributed by atoms with Crippen LogP contribution in [0.1, 0.15) is 33.6 Å². The van der Waals surface area contributed by atoms with Crippen molar-refractivity contribution in [3.63, 3.8) is 0 Å². The van der Waals surface area contributed by atoms with Crippen molar-refractivity contribution in [2.45, 2.75) is 33.6 Å². The number of carbonyl (C=O) groups excluding carboxylic acids is 1. The van der Waals surface area contributed by atoms with Crippen LogP contribution < -0.4 is 0 Å². The minimum absolute atomic E-state index is 0.0436. The van der Waals surface area contributed by atoms with Crippen LogP contribution in [0.3, 0.4) is 0 Å². The summed E-state index contributed by atoms with van der Waals surface area (Å²) in [5.41, 5.74) is 0.160. The van der Waals surface area contributed by atoms with Gasteiger partial charge in [0, 0.05) is 5.41 Å². The Morgan fingerprint density at radius 1 is 1.43 bits per heavy atom. The summed E-state index contributed by atoms with van der Waals surface area (Å²) in [6.07, 6.45) is 1.91. The summed E-state index contributed by atoms with van der Waals surface area (Å²) in [6.45, 7) is 6.23. The monoisotopic (exact) mass is 195 g/mol. The summed E-state index contributed by atoms with van der Waals surface area (Å²) in [5, 5.41) is 11.3. The smallest absolute Gasteiger partial charge is 0.234 e. The van der Waals surface area contributed by atoms with Gasteiger partial charge in [0.15, 0.2) is 0 Å². The predicted molar refractivity (Wildman–Crippen MR) is 54.2 cm³/mol. The zero-order chi connectivity index (χ0) is 10.7. The number of hydrogen-bond donors (Lipinski definition) is 0. The van der Waals surface area contributed by atoms with E-state index in [2.05, 4.69) is 13.8 Å². The molecule has 14 heavy (non-hydrogen) atoms. The molecule has 0 heterocycles. The first-order chi connectivity index (χ1) is 6.32. The van der Waals surface area contributed by atoms with Crippen LogP contribution in [-0.2, 0) is 4.79 Å². The summed E-state index contributed by atoms with van der Waals surface area (Å²) in [6, 6.07) is 0. The van der Waals surface area contributed by atoms with Gasteiger partial charge >= 0.3 is 0 Å². The predicted octanol–water partition coefficient (Wildman–Crippen LogP) is 1.59. The number of hydrogen-bond acceptors (Lipinski definition) is 2. The fourth-order valence-electron chi connectivity index (χ4n) is 3.19. The summed E-state index contributed by atoms with van der Waals surface area (Å²) in [5.74, 6) is 0.249. The van der Waals surface area contributed by atoms with Gasteiger partial charge in [-0.1, -0.05) is 20.8 Å². The van der Waals surface area contributed by atoms with Crippen LogP contribution in [0.15, 0.2) is 0 Å². The van der Waals surface area contributed by atoms with E-state index in [0.29, 0.717) is 5.71 Å². The number of fused-ring (bicyclic) bond motifs is 2. The number of rotatable bonds is 0. The van der Waals surface area contributed by atoms with Gasteiger partial charge in [0.05, 0.1) is 5.92 Å². The first kappa shape index (κ1) is 9.69. The average molecular weight is 195 g/mol. The second kappa shape index (κ2) is 2.38. The van der Waals surface area contributed by atoms with Gasteiger partial charge in [-0.05, 0) is 18.3 Å². The van der Waals surface area contributed by atoms with Crippen molar-refractivity contribution in [2.24, 2.45) is 16.7 Å². The molecule has 2 atom stereocenters. The molecule has 0 aromatic heterocycles. The van der Waals surface area contributed by atoms with Gasteiger partial charge in [0.2, 0.25) is 11.5 Å². The van der Waals surface area contributed by atoms with Crippen molar-refractivity contribution in [1.29, 1.82) is 0 Å². The van der Waals surface area contributed by atoms with Crippen LogP contribution in [0.5, 0.6) is 0 Å². The van der Waals surface area contributed by atoms with E-state index in [0.717, 1.165) is 17.6 Å². The number of carbonyl (C=O) groups is 1. The maximum absolute atomic E-state index is 12.1. The van der Waals surface area contributed by atoms with E-state index in [1.165, 1.54) is 7.05 Å². The summed E-state index contributed by atoms with van der Waals surface area (Å²) in [4.78, 5) is 12.1. The molecule has 0 aliphatic heterocycles. The van der Waals surface area contributed by atoms with E-state index in [-0.39, 0.29) is 22.5 Å². The lowest BCUT2D eigenvalue weighted by molar-refractivity contribution is -0.424. The molecule has 2 fully saturated rings. The van der Waals surface area contributed by atoms with Gasteiger partial charge in [-0.3, -0.25) is 4.79 Å². The molecule has 2 saturated carbocycles. The largest absolute Gasteiger partial charge is 0.624 e. The van der Waals surface area contributed by atoms with E-state index in [1.807, 2.05) is 6.92 Å². The molecule has 0 aromatic carbocycles. The fraction of sp³-hybridized carbons (Fsp3) is 0.818. The third-order valence-electron chi connectivity index (χ3n) is 4.63. The summed E-state index contributed by atoms with van der Waals surface area (Å²) < 4.78 is 0.777. The van der Waals surface area contributed by atoms with Crippen molar-refractivity contribution >= 4 is 11.5 Å². The lowest BCUT2D eigenvalue weighted by Gasteiger charge is -2.30. The molecular formula is C11H17NO2. The van der Waals surface area contributed by atoms with Crippen molar-refractivity contribution in [3.05, 3.63) is 5.21 Å². The molecule has 0 aromatic rings. The van der Waals surface area contributed by atoms with Gasteiger partial charge in [-0.15, -0.1) is 0 Å². The van der Waals surface area contributed by atoms with Crippen LogP contribution in [0, 0.1) is 22.0 Å². The highest BCUT2D eigenvalue weighted by Gasteiger charge is 2.68. The van der Waals surface area contributed by atoms with E-state index >= 15 is 0 Å².